The minimum absolute atomic E-state index is 0.637. The Kier molecular flexibility index (Phi) is 14.0. The Balaban J connectivity index is 1.99. The van der Waals surface area contributed by atoms with Gasteiger partial charge in [0.2, 0.25) is 0 Å². The third-order valence-electron chi connectivity index (χ3n) is 8.26. The molecule has 2 radical (unpaired) electrons. The van der Waals surface area contributed by atoms with E-state index in [-0.39, 0.29) is 0 Å². The van der Waals surface area contributed by atoms with E-state index in [4.69, 9.17) is 23.1 Å². The lowest BCUT2D eigenvalue weighted by atomic mass is 10.1. The minimum atomic E-state index is -1.76. The largest absolute Gasteiger partial charge is 0.494 e. The summed E-state index contributed by atoms with van der Waals surface area (Å²) in [6.45, 7) is 19.6. The number of hydrogen-bond donors (Lipinski definition) is 0. The molecule has 4 aromatic rings. The van der Waals surface area contributed by atoms with Gasteiger partial charge in [-0.25, -0.2) is 0 Å². The van der Waals surface area contributed by atoms with E-state index in [1.807, 2.05) is 27.7 Å². The molecule has 0 aliphatic carbocycles. The van der Waals surface area contributed by atoms with Crippen LogP contribution in [-0.4, -0.2) is 44.5 Å². The Labute approximate surface area is 286 Å². The fraction of sp³-hybridized carbons (Fsp3) is 0.400. The highest BCUT2D eigenvalue weighted by Crippen LogP contribution is 2.21. The lowest BCUT2D eigenvalue weighted by molar-refractivity contribution is 0.340. The standard InChI is InChI=1S/C40H52O5Si2/c1-9-29-25-33(41-13-5)17-21-37(29)46(38-22-18-34(42-14-6)26-30(38)10-2)45-47(39-23-19-35(43-15-7)27-31(39)11-3)40-24-20-36(44-16-8)28-32(40)12-4/h17-28H,9-16H2,1-8H3. The maximum absolute atomic E-state index is 7.80. The van der Waals surface area contributed by atoms with Gasteiger partial charge in [0.15, 0.2) is 0 Å². The first kappa shape index (κ1) is 36.3. The molecule has 0 saturated carbocycles. The molecule has 7 heteroatoms. The third-order valence-corrected chi connectivity index (χ3v) is 13.8. The fourth-order valence-corrected chi connectivity index (χ4v) is 12.2. The number of rotatable bonds is 18. The van der Waals surface area contributed by atoms with E-state index in [1.165, 1.54) is 43.0 Å². The van der Waals surface area contributed by atoms with Crippen LogP contribution < -0.4 is 39.7 Å². The van der Waals surface area contributed by atoms with E-state index in [2.05, 4.69) is 100 Å². The van der Waals surface area contributed by atoms with Crippen molar-refractivity contribution in [2.24, 2.45) is 0 Å². The van der Waals surface area contributed by atoms with Gasteiger partial charge in [-0.05, 0) is 145 Å². The summed E-state index contributed by atoms with van der Waals surface area (Å²) in [6, 6.07) is 26.3. The van der Waals surface area contributed by atoms with Gasteiger partial charge in [0.05, 0.1) is 26.4 Å². The van der Waals surface area contributed by atoms with Crippen LogP contribution in [0.1, 0.15) is 77.6 Å². The van der Waals surface area contributed by atoms with Crippen LogP contribution in [0, 0.1) is 0 Å². The van der Waals surface area contributed by atoms with E-state index in [9.17, 15) is 0 Å². The second-order valence-electron chi connectivity index (χ2n) is 11.2. The van der Waals surface area contributed by atoms with Crippen LogP contribution in [0.25, 0.3) is 0 Å². The second kappa shape index (κ2) is 18.1. The highest BCUT2D eigenvalue weighted by molar-refractivity contribution is 6.92. The van der Waals surface area contributed by atoms with Crippen LogP contribution in [0.2, 0.25) is 0 Å². The molecular formula is C40H52O5Si2. The number of aryl methyl sites for hydroxylation is 4. The lowest BCUT2D eigenvalue weighted by Crippen LogP contribution is -2.58. The zero-order valence-electron chi connectivity index (χ0n) is 29.6. The van der Waals surface area contributed by atoms with Gasteiger partial charge < -0.3 is 23.1 Å². The molecule has 0 spiro atoms. The van der Waals surface area contributed by atoms with Gasteiger partial charge >= 0.3 is 0 Å². The molecule has 0 unspecified atom stereocenters. The molecule has 0 bridgehead atoms. The normalized spacial score (nSPS) is 11.3. The minimum Gasteiger partial charge on any atom is -0.494 e. The van der Waals surface area contributed by atoms with E-state index in [1.54, 1.807) is 0 Å². The molecule has 0 heterocycles. The summed E-state index contributed by atoms with van der Waals surface area (Å²) in [4.78, 5) is 0. The lowest BCUT2D eigenvalue weighted by Gasteiger charge is -2.29. The van der Waals surface area contributed by atoms with Crippen molar-refractivity contribution in [1.82, 2.24) is 0 Å². The van der Waals surface area contributed by atoms with Crippen molar-refractivity contribution >= 4 is 38.8 Å². The van der Waals surface area contributed by atoms with E-state index >= 15 is 0 Å². The summed E-state index contributed by atoms with van der Waals surface area (Å²) in [6.07, 6.45) is 3.56. The fourth-order valence-electron chi connectivity index (χ4n) is 5.97. The van der Waals surface area contributed by atoms with Crippen molar-refractivity contribution in [3.05, 3.63) is 95.1 Å². The van der Waals surface area contributed by atoms with Crippen molar-refractivity contribution in [2.45, 2.75) is 81.1 Å². The molecule has 5 nitrogen and oxygen atoms in total. The molecule has 0 N–H and O–H groups in total. The third kappa shape index (κ3) is 8.89. The predicted octanol–water partition coefficient (Wildman–Crippen LogP) is 6.46. The van der Waals surface area contributed by atoms with Crippen LogP contribution >= 0.6 is 0 Å². The van der Waals surface area contributed by atoms with Crippen LogP contribution in [0.3, 0.4) is 0 Å². The van der Waals surface area contributed by atoms with Crippen molar-refractivity contribution < 1.29 is 23.1 Å². The Bertz CT molecular complexity index is 1360. The van der Waals surface area contributed by atoms with Crippen molar-refractivity contribution in [1.29, 1.82) is 0 Å². The van der Waals surface area contributed by atoms with Crippen LogP contribution in [0.5, 0.6) is 23.0 Å². The Morgan fingerprint density at radius 1 is 0.362 bits per heavy atom. The van der Waals surface area contributed by atoms with E-state index < -0.39 is 18.1 Å². The zero-order chi connectivity index (χ0) is 33.8. The van der Waals surface area contributed by atoms with Gasteiger partial charge in [-0.1, -0.05) is 52.0 Å². The highest BCUT2D eigenvalue weighted by atomic mass is 28.4. The van der Waals surface area contributed by atoms with Crippen molar-refractivity contribution in [2.75, 3.05) is 26.4 Å². The summed E-state index contributed by atoms with van der Waals surface area (Å²) in [5, 5.41) is 5.09. The maximum atomic E-state index is 7.80. The predicted molar refractivity (Wildman–Crippen MR) is 199 cm³/mol. The molecule has 0 aromatic heterocycles. The number of ether oxygens (including phenoxy) is 4. The summed E-state index contributed by atoms with van der Waals surface area (Å²) in [5.74, 6) is 3.62. The maximum Gasteiger partial charge on any atom is 0.273 e. The molecule has 0 amide bonds. The smallest absolute Gasteiger partial charge is 0.273 e. The summed E-state index contributed by atoms with van der Waals surface area (Å²) in [7, 11) is -3.51. The quantitative estimate of drug-likeness (QED) is 0.114. The van der Waals surface area contributed by atoms with Gasteiger partial charge in [-0.15, -0.1) is 0 Å². The highest BCUT2D eigenvalue weighted by Gasteiger charge is 2.33. The monoisotopic (exact) mass is 668 g/mol. The first-order valence-corrected chi connectivity index (χ1v) is 20.2. The molecule has 0 aliphatic rings. The first-order chi connectivity index (χ1) is 22.9. The van der Waals surface area contributed by atoms with E-state index in [0.29, 0.717) is 26.4 Å². The van der Waals surface area contributed by atoms with Gasteiger partial charge in [0.1, 0.15) is 23.0 Å². The Morgan fingerprint density at radius 3 is 0.787 bits per heavy atom. The topological polar surface area (TPSA) is 46.2 Å². The van der Waals surface area contributed by atoms with Crippen LogP contribution in [0.15, 0.2) is 72.8 Å². The molecule has 0 saturated heterocycles. The molecule has 47 heavy (non-hydrogen) atoms. The van der Waals surface area contributed by atoms with Crippen LogP contribution in [0.4, 0.5) is 0 Å². The SMILES string of the molecule is CCOc1ccc([Si](O[Si](c2ccc(OCC)cc2CC)c2ccc(OCC)cc2CC)c2ccc(OCC)cc2CC)c(CC)c1. The summed E-state index contributed by atoms with van der Waals surface area (Å²) < 4.78 is 31.6. The average Bonchev–Trinajstić information content (AvgIpc) is 3.10. The molecule has 0 fully saturated rings. The molecule has 4 rings (SSSR count). The summed E-state index contributed by atoms with van der Waals surface area (Å²) in [5.41, 5.74) is 5.08. The Morgan fingerprint density at radius 2 is 0.596 bits per heavy atom. The number of hydrogen-bond acceptors (Lipinski definition) is 5. The molecule has 0 aliphatic heterocycles. The second-order valence-corrected chi connectivity index (χ2v) is 15.5. The van der Waals surface area contributed by atoms with Crippen molar-refractivity contribution in [3.8, 4) is 23.0 Å². The zero-order valence-corrected chi connectivity index (χ0v) is 31.6. The van der Waals surface area contributed by atoms with Crippen LogP contribution in [-0.2, 0) is 29.8 Å². The first-order valence-electron chi connectivity index (χ1n) is 17.4. The van der Waals surface area contributed by atoms with E-state index in [0.717, 1.165) is 48.7 Å². The molecule has 0 atom stereocenters. The van der Waals surface area contributed by atoms with Gasteiger partial charge in [-0.2, -0.15) is 0 Å². The molecule has 250 valence electrons. The van der Waals surface area contributed by atoms with Crippen molar-refractivity contribution in [3.63, 3.8) is 0 Å². The molecular weight excluding hydrogens is 617 g/mol. The number of benzene rings is 4. The van der Waals surface area contributed by atoms with Gasteiger partial charge in [0.25, 0.3) is 18.1 Å². The Hall–Kier alpha value is -3.53. The average molecular weight is 669 g/mol. The van der Waals surface area contributed by atoms with Gasteiger partial charge in [-0.3, -0.25) is 0 Å². The summed E-state index contributed by atoms with van der Waals surface area (Å²) >= 11 is 0. The van der Waals surface area contributed by atoms with Gasteiger partial charge in [0, 0.05) is 0 Å². The molecule has 4 aromatic carbocycles.